The van der Waals surface area contributed by atoms with E-state index in [1.165, 1.54) is 24.3 Å². The van der Waals surface area contributed by atoms with E-state index in [-0.39, 0.29) is 34.3 Å². The molecule has 4 rings (SSSR count). The van der Waals surface area contributed by atoms with Crippen LogP contribution in [0, 0.1) is 26.1 Å². The monoisotopic (exact) mass is 405 g/mol. The molecule has 2 aromatic carbocycles. The van der Waals surface area contributed by atoms with E-state index in [9.17, 15) is 20.2 Å². The molecule has 0 aromatic heterocycles. The van der Waals surface area contributed by atoms with Gasteiger partial charge in [0.2, 0.25) is 0 Å². The fraction of sp³-hybridized carbons (Fsp3) is 0.222. The Hall–Kier alpha value is -2.64. The van der Waals surface area contributed by atoms with Crippen LogP contribution >= 0.6 is 23.2 Å². The molecule has 0 spiro atoms. The lowest BCUT2D eigenvalue weighted by atomic mass is 9.76. The molecule has 138 valence electrons. The van der Waals surface area contributed by atoms with Crippen molar-refractivity contribution in [1.29, 1.82) is 0 Å². The van der Waals surface area contributed by atoms with Gasteiger partial charge in [-0.3, -0.25) is 20.2 Å². The largest absolute Gasteiger partial charge is 0.376 e. The third kappa shape index (κ3) is 2.83. The van der Waals surface area contributed by atoms with E-state index in [2.05, 4.69) is 5.32 Å². The van der Waals surface area contributed by atoms with E-state index in [0.717, 1.165) is 0 Å². The normalized spacial score (nSPS) is 22.7. The Labute approximate surface area is 163 Å². The Morgan fingerprint density at radius 3 is 2.41 bits per heavy atom. The molecule has 0 amide bonds. The lowest BCUT2D eigenvalue weighted by molar-refractivity contribution is -0.385. The molecule has 1 aliphatic carbocycles. The quantitative estimate of drug-likeness (QED) is 0.404. The summed E-state index contributed by atoms with van der Waals surface area (Å²) in [6.45, 7) is 0. The fourth-order valence-corrected chi connectivity index (χ4v) is 4.41. The number of allylic oxidation sites excluding steroid dienone is 2. The fourth-order valence-electron chi connectivity index (χ4n) is 4.01. The summed E-state index contributed by atoms with van der Waals surface area (Å²) >= 11 is 12.3. The van der Waals surface area contributed by atoms with Gasteiger partial charge >= 0.3 is 0 Å². The molecule has 0 unspecified atom stereocenters. The number of rotatable bonds is 3. The van der Waals surface area contributed by atoms with Crippen LogP contribution < -0.4 is 5.32 Å². The number of nitrogens with one attached hydrogen (secondary N) is 1. The van der Waals surface area contributed by atoms with Gasteiger partial charge < -0.3 is 5.32 Å². The number of anilines is 1. The van der Waals surface area contributed by atoms with Gasteiger partial charge in [-0.15, -0.1) is 0 Å². The molecule has 3 atom stereocenters. The summed E-state index contributed by atoms with van der Waals surface area (Å²) < 4.78 is 0. The smallest absolute Gasteiger partial charge is 0.288 e. The number of fused-ring (bicyclic) bond motifs is 3. The van der Waals surface area contributed by atoms with Crippen molar-refractivity contribution in [3.05, 3.63) is 83.9 Å². The zero-order chi connectivity index (χ0) is 19.3. The van der Waals surface area contributed by atoms with Crippen molar-refractivity contribution in [2.24, 2.45) is 5.92 Å². The number of halogens is 2. The first-order chi connectivity index (χ1) is 12.9. The van der Waals surface area contributed by atoms with Gasteiger partial charge in [0.1, 0.15) is 5.02 Å². The third-order valence-corrected chi connectivity index (χ3v) is 5.80. The topological polar surface area (TPSA) is 98.3 Å². The van der Waals surface area contributed by atoms with Crippen LogP contribution in [0.15, 0.2) is 42.5 Å². The SMILES string of the molecule is O=[N+]([O-])c1cc([C@@H]2Nc3c(Cl)ccc([N+](=O)[O-])c3[C@@H]3C=CC[C@@H]32)ccc1Cl. The molecule has 0 fully saturated rings. The Morgan fingerprint density at radius 2 is 1.70 bits per heavy atom. The summed E-state index contributed by atoms with van der Waals surface area (Å²) in [6, 6.07) is 7.31. The van der Waals surface area contributed by atoms with Crippen LogP contribution in [0.5, 0.6) is 0 Å². The summed E-state index contributed by atoms with van der Waals surface area (Å²) in [6.07, 6.45) is 4.63. The second-order valence-electron chi connectivity index (χ2n) is 6.56. The van der Waals surface area contributed by atoms with Crippen LogP contribution in [0.1, 0.15) is 29.5 Å². The van der Waals surface area contributed by atoms with Crippen molar-refractivity contribution in [2.75, 3.05) is 5.32 Å². The van der Waals surface area contributed by atoms with Crippen LogP contribution in [0.25, 0.3) is 0 Å². The Bertz CT molecular complexity index is 1010. The van der Waals surface area contributed by atoms with Crippen molar-refractivity contribution in [3.8, 4) is 0 Å². The molecule has 9 heteroatoms. The van der Waals surface area contributed by atoms with Crippen molar-refractivity contribution < 1.29 is 9.85 Å². The Balaban J connectivity index is 1.86. The molecule has 27 heavy (non-hydrogen) atoms. The van der Waals surface area contributed by atoms with E-state index >= 15 is 0 Å². The molecular formula is C18H13Cl2N3O4. The van der Waals surface area contributed by atoms with Crippen LogP contribution in [0.2, 0.25) is 10.0 Å². The van der Waals surface area contributed by atoms with Gasteiger partial charge in [-0.2, -0.15) is 0 Å². The molecule has 2 aromatic rings. The molecule has 1 aliphatic heterocycles. The second-order valence-corrected chi connectivity index (χ2v) is 7.37. The summed E-state index contributed by atoms with van der Waals surface area (Å²) in [4.78, 5) is 21.8. The molecule has 1 N–H and O–H groups in total. The number of benzene rings is 2. The number of hydrogen-bond acceptors (Lipinski definition) is 5. The van der Waals surface area contributed by atoms with Gasteiger partial charge in [-0.25, -0.2) is 0 Å². The van der Waals surface area contributed by atoms with Crippen molar-refractivity contribution in [2.45, 2.75) is 18.4 Å². The van der Waals surface area contributed by atoms with Gasteiger partial charge in [0.25, 0.3) is 11.4 Å². The van der Waals surface area contributed by atoms with Gasteiger partial charge in [0, 0.05) is 18.1 Å². The van der Waals surface area contributed by atoms with Crippen LogP contribution in [-0.4, -0.2) is 9.85 Å². The van der Waals surface area contributed by atoms with E-state index in [4.69, 9.17) is 23.2 Å². The van der Waals surface area contributed by atoms with Crippen molar-refractivity contribution in [1.82, 2.24) is 0 Å². The molecule has 0 radical (unpaired) electrons. The minimum atomic E-state index is -0.523. The maximum Gasteiger partial charge on any atom is 0.288 e. The van der Waals surface area contributed by atoms with Gasteiger partial charge in [-0.1, -0.05) is 41.4 Å². The highest BCUT2D eigenvalue weighted by Gasteiger charge is 2.42. The molecule has 7 nitrogen and oxygen atoms in total. The predicted molar refractivity (Wildman–Crippen MR) is 103 cm³/mol. The molecule has 0 saturated carbocycles. The van der Waals surface area contributed by atoms with Crippen molar-refractivity contribution in [3.63, 3.8) is 0 Å². The van der Waals surface area contributed by atoms with Crippen LogP contribution in [-0.2, 0) is 0 Å². The standard InChI is InChI=1S/C18H13Cl2N3O4/c19-12-5-4-9(8-15(12)23(26)27)17-11-3-1-2-10(11)16-14(22(24)25)7-6-13(20)18(16)21-17/h1-2,4-8,10-11,17,21H,3H2/t10-,11+,17+/m1/s1. The first kappa shape index (κ1) is 17.8. The predicted octanol–water partition coefficient (Wildman–Crippen LogP) is 5.64. The highest BCUT2D eigenvalue weighted by Crippen LogP contribution is 2.54. The highest BCUT2D eigenvalue weighted by atomic mass is 35.5. The van der Waals surface area contributed by atoms with Gasteiger partial charge in [-0.05, 0) is 30.0 Å². The average Bonchev–Trinajstić information content (AvgIpc) is 3.11. The van der Waals surface area contributed by atoms with E-state index in [0.29, 0.717) is 28.3 Å². The minimum absolute atomic E-state index is 0.0176. The zero-order valence-corrected chi connectivity index (χ0v) is 15.3. The van der Waals surface area contributed by atoms with Crippen LogP contribution in [0.3, 0.4) is 0 Å². The number of nitro benzene ring substituents is 2. The first-order valence-electron chi connectivity index (χ1n) is 8.22. The molecule has 1 heterocycles. The molecule has 2 aliphatic rings. The number of nitrogens with zero attached hydrogens (tertiary/aromatic N) is 2. The summed E-state index contributed by atoms with van der Waals surface area (Å²) in [5, 5.41) is 26.5. The van der Waals surface area contributed by atoms with E-state index in [1.807, 2.05) is 12.2 Å². The van der Waals surface area contributed by atoms with E-state index < -0.39 is 9.85 Å². The van der Waals surface area contributed by atoms with E-state index in [1.54, 1.807) is 6.07 Å². The van der Waals surface area contributed by atoms with Gasteiger partial charge in [0.15, 0.2) is 0 Å². The van der Waals surface area contributed by atoms with Crippen molar-refractivity contribution >= 4 is 40.3 Å². The summed E-state index contributed by atoms with van der Waals surface area (Å²) in [5.74, 6) is -0.212. The summed E-state index contributed by atoms with van der Waals surface area (Å²) in [5.41, 5.74) is 1.60. The van der Waals surface area contributed by atoms with Gasteiger partial charge in [0.05, 0.1) is 32.2 Å². The average molecular weight is 406 g/mol. The Morgan fingerprint density at radius 1 is 1.00 bits per heavy atom. The number of hydrogen-bond donors (Lipinski definition) is 1. The molecule has 0 saturated heterocycles. The summed E-state index contributed by atoms with van der Waals surface area (Å²) in [7, 11) is 0. The maximum absolute atomic E-state index is 11.5. The lowest BCUT2D eigenvalue weighted by Gasteiger charge is -2.37. The maximum atomic E-state index is 11.5. The lowest BCUT2D eigenvalue weighted by Crippen LogP contribution is -2.30. The Kier molecular flexibility index (Phi) is 4.28. The highest BCUT2D eigenvalue weighted by molar-refractivity contribution is 6.33. The third-order valence-electron chi connectivity index (χ3n) is 5.17. The molecule has 0 bridgehead atoms. The zero-order valence-electron chi connectivity index (χ0n) is 13.8. The second kappa shape index (κ2) is 6.51. The first-order valence-corrected chi connectivity index (χ1v) is 8.98. The molecular weight excluding hydrogens is 393 g/mol. The minimum Gasteiger partial charge on any atom is -0.376 e. The number of nitro groups is 2. The van der Waals surface area contributed by atoms with Crippen LogP contribution in [0.4, 0.5) is 17.1 Å².